The van der Waals surface area contributed by atoms with Crippen LogP contribution in [0.2, 0.25) is 0 Å². The van der Waals surface area contributed by atoms with Gasteiger partial charge in [-0.15, -0.1) is 0 Å². The van der Waals surface area contributed by atoms with E-state index in [9.17, 15) is 13.2 Å². The molecule has 0 unspecified atom stereocenters. The van der Waals surface area contributed by atoms with Gasteiger partial charge in [-0.3, -0.25) is 10.4 Å². The Morgan fingerprint density at radius 3 is 2.76 bits per heavy atom. The van der Waals surface area contributed by atoms with E-state index in [2.05, 4.69) is 41.3 Å². The minimum Gasteiger partial charge on any atom is -0.320 e. The molecule has 25 heavy (non-hydrogen) atoms. The van der Waals surface area contributed by atoms with Gasteiger partial charge in [0.15, 0.2) is 5.82 Å². The highest BCUT2D eigenvalue weighted by Crippen LogP contribution is 2.33. The Morgan fingerprint density at radius 2 is 2.08 bits per heavy atom. The Kier molecular flexibility index (Phi) is 4.95. The average Bonchev–Trinajstić information content (AvgIpc) is 2.58. The fourth-order valence-corrected chi connectivity index (χ4v) is 2.65. The molecule has 3 aromatic rings. The summed E-state index contributed by atoms with van der Waals surface area (Å²) in [6.45, 7) is -0.714. The summed E-state index contributed by atoms with van der Waals surface area (Å²) in [5.74, 6) is 4.49. The van der Waals surface area contributed by atoms with Gasteiger partial charge in [-0.05, 0) is 28.1 Å². The Balaban J connectivity index is 2.28. The Hall–Kier alpha value is -2.53. The fourth-order valence-electron chi connectivity index (χ4n) is 2.30. The lowest BCUT2D eigenvalue weighted by atomic mass is 10.2. The number of nitrogens with one attached hydrogen (secondary N) is 1. The van der Waals surface area contributed by atoms with E-state index in [0.29, 0.717) is 10.3 Å². The van der Waals surface area contributed by atoms with Crippen LogP contribution >= 0.6 is 15.9 Å². The zero-order chi connectivity index (χ0) is 18.0. The van der Waals surface area contributed by atoms with E-state index in [1.54, 1.807) is 0 Å². The van der Waals surface area contributed by atoms with Gasteiger partial charge >= 0.3 is 0 Å². The first-order valence-corrected chi connectivity index (χ1v) is 7.74. The van der Waals surface area contributed by atoms with Gasteiger partial charge in [0.2, 0.25) is 5.95 Å². The van der Waals surface area contributed by atoms with Gasteiger partial charge in [-0.1, -0.05) is 0 Å². The van der Waals surface area contributed by atoms with Crippen LogP contribution in [0, 0.1) is 5.82 Å². The molecule has 3 N–H and O–H groups in total. The predicted octanol–water partition coefficient (Wildman–Crippen LogP) is 3.01. The number of anilines is 3. The van der Waals surface area contributed by atoms with Crippen LogP contribution in [0.25, 0.3) is 10.9 Å². The molecule has 0 amide bonds. The number of nitrogens with zero attached hydrogens (tertiary/aromatic N) is 5. The van der Waals surface area contributed by atoms with E-state index in [0.717, 1.165) is 6.20 Å². The lowest BCUT2D eigenvalue weighted by Crippen LogP contribution is -2.26. The van der Waals surface area contributed by atoms with Gasteiger partial charge in [0.1, 0.15) is 10.4 Å². The summed E-state index contributed by atoms with van der Waals surface area (Å²) in [5.41, 5.74) is 2.72. The maximum Gasteiger partial charge on any atom is 0.256 e. The van der Waals surface area contributed by atoms with Crippen molar-refractivity contribution < 1.29 is 13.2 Å². The van der Waals surface area contributed by atoms with E-state index >= 15 is 0 Å². The average molecular weight is 414 g/mol. The van der Waals surface area contributed by atoms with Crippen molar-refractivity contribution in [2.75, 3.05) is 16.9 Å². The summed E-state index contributed by atoms with van der Waals surface area (Å²) in [4.78, 5) is 16.9. The standard InChI is InChI=1S/C14H11BrF3N7/c15-10-3-7(1-2-21-10)25(6-11(17)18)13-12-8(16)4-20-5-9(12)22-14(23-13)24-19/h1-5,11H,6,19H2,(H,22,23,24). The quantitative estimate of drug-likeness (QED) is 0.377. The van der Waals surface area contributed by atoms with Crippen molar-refractivity contribution in [3.8, 4) is 0 Å². The molecule has 7 nitrogen and oxygen atoms in total. The number of rotatable bonds is 5. The number of fused-ring (bicyclic) bond motifs is 1. The van der Waals surface area contributed by atoms with Gasteiger partial charge in [0.25, 0.3) is 6.43 Å². The van der Waals surface area contributed by atoms with Crippen molar-refractivity contribution in [2.24, 2.45) is 5.84 Å². The maximum absolute atomic E-state index is 14.3. The van der Waals surface area contributed by atoms with E-state index in [-0.39, 0.29) is 22.7 Å². The number of hydrogen-bond donors (Lipinski definition) is 2. The van der Waals surface area contributed by atoms with Gasteiger partial charge < -0.3 is 4.90 Å². The topological polar surface area (TPSA) is 92.8 Å². The van der Waals surface area contributed by atoms with Gasteiger partial charge in [0, 0.05) is 11.9 Å². The first-order chi connectivity index (χ1) is 12.0. The van der Waals surface area contributed by atoms with Crippen molar-refractivity contribution in [3.05, 3.63) is 41.1 Å². The second kappa shape index (κ2) is 7.15. The molecule has 0 aliphatic rings. The summed E-state index contributed by atoms with van der Waals surface area (Å²) >= 11 is 3.19. The number of hydrogen-bond acceptors (Lipinski definition) is 7. The van der Waals surface area contributed by atoms with Gasteiger partial charge in [-0.25, -0.2) is 29.0 Å². The number of nitrogens with two attached hydrogens (primary N) is 1. The van der Waals surface area contributed by atoms with Gasteiger partial charge in [0.05, 0.1) is 29.8 Å². The lowest BCUT2D eigenvalue weighted by molar-refractivity contribution is 0.158. The zero-order valence-corrected chi connectivity index (χ0v) is 14.1. The number of alkyl halides is 2. The van der Waals surface area contributed by atoms with Crippen LogP contribution in [0.4, 0.5) is 30.6 Å². The molecule has 0 radical (unpaired) electrons. The predicted molar refractivity (Wildman–Crippen MR) is 90.0 cm³/mol. The molecule has 0 saturated carbocycles. The molecule has 0 aliphatic carbocycles. The molecule has 0 saturated heterocycles. The minimum atomic E-state index is -2.70. The fraction of sp³-hybridized carbons (Fsp3) is 0.143. The molecular formula is C14H11BrF3N7. The molecule has 0 atom stereocenters. The molecule has 0 aromatic carbocycles. The Bertz CT molecular complexity index is 909. The smallest absolute Gasteiger partial charge is 0.256 e. The summed E-state index contributed by atoms with van der Waals surface area (Å²) < 4.78 is 41.1. The molecule has 3 heterocycles. The first-order valence-electron chi connectivity index (χ1n) is 6.94. The molecule has 0 bridgehead atoms. The van der Waals surface area contributed by atoms with E-state index in [4.69, 9.17) is 5.84 Å². The van der Waals surface area contributed by atoms with E-state index < -0.39 is 18.8 Å². The first kappa shape index (κ1) is 17.3. The summed E-state index contributed by atoms with van der Waals surface area (Å²) in [7, 11) is 0. The lowest BCUT2D eigenvalue weighted by Gasteiger charge is -2.25. The van der Waals surface area contributed by atoms with Crippen molar-refractivity contribution in [3.63, 3.8) is 0 Å². The summed E-state index contributed by atoms with van der Waals surface area (Å²) in [6.07, 6.45) is 0.999. The highest BCUT2D eigenvalue weighted by Gasteiger charge is 2.22. The number of pyridine rings is 2. The maximum atomic E-state index is 14.3. The number of aromatic nitrogens is 4. The third-order valence-electron chi connectivity index (χ3n) is 3.27. The van der Waals surface area contributed by atoms with Crippen LogP contribution in [-0.4, -0.2) is 32.9 Å². The van der Waals surface area contributed by atoms with Crippen LogP contribution in [0.1, 0.15) is 0 Å². The molecule has 3 aromatic heterocycles. The third kappa shape index (κ3) is 3.61. The summed E-state index contributed by atoms with van der Waals surface area (Å²) in [5, 5.41) is -0.0393. The molecule has 0 spiro atoms. The molecule has 3 rings (SSSR count). The monoisotopic (exact) mass is 413 g/mol. The molecular weight excluding hydrogens is 403 g/mol. The van der Waals surface area contributed by atoms with Crippen LogP contribution < -0.4 is 16.2 Å². The second-order valence-electron chi connectivity index (χ2n) is 4.87. The molecule has 0 fully saturated rings. The summed E-state index contributed by atoms with van der Waals surface area (Å²) in [6, 6.07) is 3.03. The van der Waals surface area contributed by atoms with Gasteiger partial charge in [-0.2, -0.15) is 4.98 Å². The number of hydrazine groups is 1. The van der Waals surface area contributed by atoms with E-state index in [1.165, 1.54) is 29.4 Å². The largest absolute Gasteiger partial charge is 0.320 e. The van der Waals surface area contributed by atoms with Crippen molar-refractivity contribution in [2.45, 2.75) is 6.43 Å². The molecule has 130 valence electrons. The second-order valence-corrected chi connectivity index (χ2v) is 5.68. The Labute approximate surface area is 148 Å². The van der Waals surface area contributed by atoms with Crippen LogP contribution in [0.3, 0.4) is 0 Å². The van der Waals surface area contributed by atoms with Crippen LogP contribution in [0.15, 0.2) is 35.3 Å². The third-order valence-corrected chi connectivity index (χ3v) is 3.70. The van der Waals surface area contributed by atoms with Crippen molar-refractivity contribution in [1.82, 2.24) is 19.9 Å². The highest BCUT2D eigenvalue weighted by molar-refractivity contribution is 9.10. The van der Waals surface area contributed by atoms with Crippen LogP contribution in [0.5, 0.6) is 0 Å². The Morgan fingerprint density at radius 1 is 1.28 bits per heavy atom. The van der Waals surface area contributed by atoms with Crippen molar-refractivity contribution >= 4 is 44.3 Å². The van der Waals surface area contributed by atoms with E-state index in [1.807, 2.05) is 0 Å². The number of halogens is 4. The molecule has 11 heteroatoms. The van der Waals surface area contributed by atoms with Crippen LogP contribution in [-0.2, 0) is 0 Å². The highest BCUT2D eigenvalue weighted by atomic mass is 79.9. The zero-order valence-electron chi connectivity index (χ0n) is 12.5. The SMILES string of the molecule is NNc1nc(N(CC(F)F)c2ccnc(Br)c2)c2c(F)cncc2n1. The molecule has 0 aliphatic heterocycles. The minimum absolute atomic E-state index is 0.0393. The normalized spacial score (nSPS) is 11.1. The number of nitrogen functional groups attached to an aromatic ring is 1. The van der Waals surface area contributed by atoms with Crippen molar-refractivity contribution in [1.29, 1.82) is 0 Å².